The van der Waals surface area contributed by atoms with Gasteiger partial charge in [0.2, 0.25) is 0 Å². The van der Waals surface area contributed by atoms with Gasteiger partial charge in [-0.25, -0.2) is 0 Å². The average molecular weight is 209 g/mol. The number of fused-ring (bicyclic) bond motifs is 1. The fraction of sp³-hybridized carbons (Fsp3) is 0.846. The normalized spacial score (nSPS) is 36.5. The molecule has 2 nitrogen and oxygen atoms in total. The van der Waals surface area contributed by atoms with Gasteiger partial charge < -0.3 is 5.11 Å². The first-order valence-electron chi connectivity index (χ1n) is 6.12. The van der Waals surface area contributed by atoms with Crippen LogP contribution in [0.1, 0.15) is 39.5 Å². The van der Waals surface area contributed by atoms with Crippen molar-refractivity contribution in [1.82, 2.24) is 4.90 Å². The van der Waals surface area contributed by atoms with Gasteiger partial charge in [-0.2, -0.15) is 0 Å². The quantitative estimate of drug-likeness (QED) is 0.720. The number of aliphatic hydroxyl groups is 1. The van der Waals surface area contributed by atoms with Gasteiger partial charge in [-0.15, -0.1) is 0 Å². The van der Waals surface area contributed by atoms with Crippen LogP contribution in [-0.4, -0.2) is 34.7 Å². The highest BCUT2D eigenvalue weighted by molar-refractivity contribution is 5.19. The van der Waals surface area contributed by atoms with E-state index in [-0.39, 0.29) is 5.54 Å². The summed E-state index contributed by atoms with van der Waals surface area (Å²) in [4.78, 5) is 2.52. The molecule has 15 heavy (non-hydrogen) atoms. The maximum atomic E-state index is 9.61. The van der Waals surface area contributed by atoms with Crippen LogP contribution in [0, 0.1) is 5.92 Å². The highest BCUT2D eigenvalue weighted by Crippen LogP contribution is 2.45. The van der Waals surface area contributed by atoms with Crippen LogP contribution < -0.4 is 0 Å². The van der Waals surface area contributed by atoms with Gasteiger partial charge in [0.15, 0.2) is 0 Å². The van der Waals surface area contributed by atoms with Gasteiger partial charge >= 0.3 is 0 Å². The largest absolute Gasteiger partial charge is 0.394 e. The highest BCUT2D eigenvalue weighted by atomic mass is 16.3. The van der Waals surface area contributed by atoms with Gasteiger partial charge in [-0.05, 0) is 31.6 Å². The van der Waals surface area contributed by atoms with Crippen molar-refractivity contribution in [2.24, 2.45) is 5.92 Å². The summed E-state index contributed by atoms with van der Waals surface area (Å²) in [6.07, 6.45) is 4.68. The van der Waals surface area contributed by atoms with Crippen LogP contribution in [0.5, 0.6) is 0 Å². The first-order chi connectivity index (χ1) is 7.07. The SMILES string of the molecule is C=C1CN2[C@H](CC(C)C)CC[C@@]2(CO)C1. The van der Waals surface area contributed by atoms with Crippen molar-refractivity contribution in [3.63, 3.8) is 0 Å². The molecule has 2 atom stereocenters. The lowest BCUT2D eigenvalue weighted by molar-refractivity contribution is 0.0723. The third-order valence-electron chi connectivity index (χ3n) is 4.00. The standard InChI is InChI=1S/C13H23NO/c1-10(2)6-12-4-5-13(9-15)7-11(3)8-14(12)13/h10,12,15H,3-9H2,1-2H3/t12-,13-/m0/s1. The van der Waals surface area contributed by atoms with Gasteiger partial charge in [0.1, 0.15) is 0 Å². The molecule has 1 N–H and O–H groups in total. The fourth-order valence-electron chi connectivity index (χ4n) is 3.39. The van der Waals surface area contributed by atoms with Gasteiger partial charge in [0.05, 0.1) is 6.61 Å². The molecule has 0 aliphatic carbocycles. The molecule has 0 aromatic carbocycles. The van der Waals surface area contributed by atoms with E-state index in [2.05, 4.69) is 25.3 Å². The Hall–Kier alpha value is -0.340. The predicted octanol–water partition coefficient (Wildman–Crippen LogP) is 2.19. The minimum absolute atomic E-state index is 0.0661. The number of hydrogen-bond donors (Lipinski definition) is 1. The smallest absolute Gasteiger partial charge is 0.0618 e. The number of nitrogens with zero attached hydrogens (tertiary/aromatic N) is 1. The Balaban J connectivity index is 2.11. The molecule has 2 aliphatic heterocycles. The molecule has 2 rings (SSSR count). The minimum atomic E-state index is 0.0661. The van der Waals surface area contributed by atoms with Crippen LogP contribution in [0.25, 0.3) is 0 Å². The summed E-state index contributed by atoms with van der Waals surface area (Å²) in [6.45, 7) is 9.97. The summed E-state index contributed by atoms with van der Waals surface area (Å²) in [5, 5.41) is 9.61. The first kappa shape index (κ1) is 11.2. The summed E-state index contributed by atoms with van der Waals surface area (Å²) < 4.78 is 0. The monoisotopic (exact) mass is 209 g/mol. The number of hydrogen-bond acceptors (Lipinski definition) is 2. The topological polar surface area (TPSA) is 23.5 Å². The van der Waals surface area contributed by atoms with Crippen LogP contribution >= 0.6 is 0 Å². The minimum Gasteiger partial charge on any atom is -0.394 e. The molecule has 0 unspecified atom stereocenters. The molecule has 0 spiro atoms. The van der Waals surface area contributed by atoms with Crippen LogP contribution in [0.3, 0.4) is 0 Å². The molecule has 0 bridgehead atoms. The van der Waals surface area contributed by atoms with E-state index in [0.717, 1.165) is 25.3 Å². The molecule has 2 saturated heterocycles. The molecular weight excluding hydrogens is 186 g/mol. The Bertz CT molecular complexity index is 261. The molecule has 86 valence electrons. The van der Waals surface area contributed by atoms with E-state index in [1.165, 1.54) is 18.4 Å². The van der Waals surface area contributed by atoms with Crippen molar-refractivity contribution in [1.29, 1.82) is 0 Å². The second kappa shape index (κ2) is 3.91. The lowest BCUT2D eigenvalue weighted by Gasteiger charge is -2.33. The van der Waals surface area contributed by atoms with Gasteiger partial charge in [0.25, 0.3) is 0 Å². The molecule has 0 radical (unpaired) electrons. The van der Waals surface area contributed by atoms with Crippen molar-refractivity contribution in [2.75, 3.05) is 13.2 Å². The first-order valence-corrected chi connectivity index (χ1v) is 6.12. The van der Waals surface area contributed by atoms with E-state index in [1.807, 2.05) is 0 Å². The van der Waals surface area contributed by atoms with Crippen molar-refractivity contribution < 1.29 is 5.11 Å². The van der Waals surface area contributed by atoms with Gasteiger partial charge in [-0.3, -0.25) is 4.90 Å². The summed E-state index contributed by atoms with van der Waals surface area (Å²) in [5.41, 5.74) is 1.37. The maximum Gasteiger partial charge on any atom is 0.0618 e. The molecule has 2 heteroatoms. The zero-order chi connectivity index (χ0) is 11.1. The third-order valence-corrected chi connectivity index (χ3v) is 4.00. The molecule has 0 saturated carbocycles. The zero-order valence-electron chi connectivity index (χ0n) is 10.00. The summed E-state index contributed by atoms with van der Waals surface area (Å²) in [6, 6.07) is 0.677. The van der Waals surface area contributed by atoms with Crippen LogP contribution in [0.15, 0.2) is 12.2 Å². The summed E-state index contributed by atoms with van der Waals surface area (Å²) in [7, 11) is 0. The average Bonchev–Trinajstić information content (AvgIpc) is 2.63. The Labute approximate surface area is 93.0 Å². The molecule has 0 aromatic heterocycles. The molecule has 2 heterocycles. The molecule has 2 fully saturated rings. The maximum absolute atomic E-state index is 9.61. The number of aliphatic hydroxyl groups excluding tert-OH is 1. The van der Waals surface area contributed by atoms with E-state index in [0.29, 0.717) is 12.6 Å². The second-order valence-electron chi connectivity index (χ2n) is 5.76. The van der Waals surface area contributed by atoms with Gasteiger partial charge in [-0.1, -0.05) is 26.0 Å². The molecule has 2 aliphatic rings. The van der Waals surface area contributed by atoms with Crippen LogP contribution in [0.4, 0.5) is 0 Å². The van der Waals surface area contributed by atoms with E-state index in [4.69, 9.17) is 0 Å². The Morgan fingerprint density at radius 2 is 2.33 bits per heavy atom. The van der Waals surface area contributed by atoms with E-state index in [1.54, 1.807) is 0 Å². The molecule has 0 aromatic rings. The van der Waals surface area contributed by atoms with Crippen LogP contribution in [0.2, 0.25) is 0 Å². The molecule has 0 amide bonds. The molecular formula is C13H23NO. The Morgan fingerprint density at radius 3 is 2.93 bits per heavy atom. The number of rotatable bonds is 3. The van der Waals surface area contributed by atoms with Crippen molar-refractivity contribution in [3.05, 3.63) is 12.2 Å². The van der Waals surface area contributed by atoms with Crippen molar-refractivity contribution in [3.8, 4) is 0 Å². The Morgan fingerprint density at radius 1 is 1.60 bits per heavy atom. The predicted molar refractivity (Wildman–Crippen MR) is 62.8 cm³/mol. The summed E-state index contributed by atoms with van der Waals surface area (Å²) in [5.74, 6) is 0.748. The van der Waals surface area contributed by atoms with E-state index < -0.39 is 0 Å². The second-order valence-corrected chi connectivity index (χ2v) is 5.76. The third kappa shape index (κ3) is 1.85. The lowest BCUT2D eigenvalue weighted by Crippen LogP contribution is -2.45. The van der Waals surface area contributed by atoms with Crippen molar-refractivity contribution >= 4 is 0 Å². The zero-order valence-corrected chi connectivity index (χ0v) is 10.00. The lowest BCUT2D eigenvalue weighted by atomic mass is 9.93. The van der Waals surface area contributed by atoms with Crippen LogP contribution in [-0.2, 0) is 0 Å². The highest BCUT2D eigenvalue weighted by Gasteiger charge is 2.49. The van der Waals surface area contributed by atoms with Crippen molar-refractivity contribution in [2.45, 2.75) is 51.1 Å². The van der Waals surface area contributed by atoms with E-state index in [9.17, 15) is 5.11 Å². The Kier molecular flexibility index (Phi) is 2.91. The fourth-order valence-corrected chi connectivity index (χ4v) is 3.39. The van der Waals surface area contributed by atoms with E-state index >= 15 is 0 Å². The summed E-state index contributed by atoms with van der Waals surface area (Å²) >= 11 is 0. The van der Waals surface area contributed by atoms with Gasteiger partial charge in [0, 0.05) is 18.1 Å².